The predicted octanol–water partition coefficient (Wildman–Crippen LogP) is 2.76. The molecule has 0 unspecified atom stereocenters. The number of nitrogens with one attached hydrogen (secondary N) is 1. The first kappa shape index (κ1) is 7.76. The Morgan fingerprint density at radius 3 is 3.07 bits per heavy atom. The highest BCUT2D eigenvalue weighted by Gasteiger charge is 2.04. The number of hydrogen-bond acceptors (Lipinski definition) is 2. The van der Waals surface area contributed by atoms with Gasteiger partial charge in [0.25, 0.3) is 0 Å². The van der Waals surface area contributed by atoms with Crippen LogP contribution in [0.5, 0.6) is 0 Å². The lowest BCUT2D eigenvalue weighted by atomic mass is 10.2. The van der Waals surface area contributed by atoms with Crippen LogP contribution in [-0.4, -0.2) is 15.0 Å². The van der Waals surface area contributed by atoms with Gasteiger partial charge in [0.2, 0.25) is 0 Å². The summed E-state index contributed by atoms with van der Waals surface area (Å²) < 4.78 is 0. The number of fused-ring (bicyclic) bond motifs is 3. The van der Waals surface area contributed by atoms with Crippen LogP contribution in [0.15, 0.2) is 30.7 Å². The van der Waals surface area contributed by atoms with Crippen molar-refractivity contribution in [2.45, 2.75) is 0 Å². The number of halogens is 1. The smallest absolute Gasteiger partial charge is 0.116 e. The van der Waals surface area contributed by atoms with E-state index >= 15 is 0 Å². The van der Waals surface area contributed by atoms with E-state index in [1.54, 1.807) is 6.20 Å². The maximum absolute atomic E-state index is 5.92. The van der Waals surface area contributed by atoms with Crippen molar-refractivity contribution >= 4 is 33.5 Å². The second kappa shape index (κ2) is 2.69. The zero-order valence-electron chi connectivity index (χ0n) is 7.16. The summed E-state index contributed by atoms with van der Waals surface area (Å²) in [7, 11) is 0. The van der Waals surface area contributed by atoms with E-state index in [2.05, 4.69) is 15.0 Å². The Labute approximate surface area is 84.7 Å². The fraction of sp³-hybridized carbons (Fsp3) is 0. The minimum atomic E-state index is 0.719. The summed E-state index contributed by atoms with van der Waals surface area (Å²) in [6.07, 6.45) is 3.30. The van der Waals surface area contributed by atoms with Crippen molar-refractivity contribution in [3.05, 3.63) is 35.7 Å². The van der Waals surface area contributed by atoms with Gasteiger partial charge in [-0.1, -0.05) is 11.6 Å². The first-order valence-corrected chi connectivity index (χ1v) is 4.59. The van der Waals surface area contributed by atoms with Crippen LogP contribution in [0.3, 0.4) is 0 Å². The van der Waals surface area contributed by atoms with Crippen LogP contribution in [0.2, 0.25) is 5.02 Å². The van der Waals surface area contributed by atoms with Crippen LogP contribution in [0.1, 0.15) is 0 Å². The van der Waals surface area contributed by atoms with E-state index in [0.29, 0.717) is 0 Å². The Balaban J connectivity index is 2.58. The maximum Gasteiger partial charge on any atom is 0.116 e. The lowest BCUT2D eigenvalue weighted by Crippen LogP contribution is -1.75. The van der Waals surface area contributed by atoms with Crippen molar-refractivity contribution in [2.24, 2.45) is 0 Å². The summed E-state index contributed by atoms with van der Waals surface area (Å²) in [5, 5.41) is 1.76. The van der Waals surface area contributed by atoms with Gasteiger partial charge < -0.3 is 4.98 Å². The average molecular weight is 204 g/mol. The molecule has 1 N–H and O–H groups in total. The fourth-order valence-electron chi connectivity index (χ4n) is 1.60. The summed E-state index contributed by atoms with van der Waals surface area (Å²) in [5.74, 6) is 0. The number of benzene rings is 1. The number of nitrogens with zero attached hydrogens (tertiary/aromatic N) is 2. The average Bonchev–Trinajstić information content (AvgIpc) is 2.56. The van der Waals surface area contributed by atoms with Crippen LogP contribution in [0.4, 0.5) is 0 Å². The van der Waals surface area contributed by atoms with Crippen molar-refractivity contribution in [1.82, 2.24) is 15.0 Å². The van der Waals surface area contributed by atoms with E-state index in [0.717, 1.165) is 27.0 Å². The summed E-state index contributed by atoms with van der Waals surface area (Å²) in [4.78, 5) is 11.4. The van der Waals surface area contributed by atoms with Gasteiger partial charge in [0, 0.05) is 15.9 Å². The monoisotopic (exact) mass is 203 g/mol. The van der Waals surface area contributed by atoms with Gasteiger partial charge in [-0.05, 0) is 18.2 Å². The molecule has 0 radical (unpaired) electrons. The Hall–Kier alpha value is -1.61. The lowest BCUT2D eigenvalue weighted by molar-refractivity contribution is 1.22. The zero-order valence-corrected chi connectivity index (χ0v) is 7.92. The van der Waals surface area contributed by atoms with E-state index < -0.39 is 0 Å². The molecule has 0 saturated carbocycles. The van der Waals surface area contributed by atoms with Gasteiger partial charge in [-0.2, -0.15) is 0 Å². The largest absolute Gasteiger partial charge is 0.352 e. The number of H-pyrrole nitrogens is 1. The molecule has 0 aliphatic carbocycles. The molecule has 68 valence electrons. The molecule has 0 fully saturated rings. The molecule has 4 heteroatoms. The van der Waals surface area contributed by atoms with Crippen LogP contribution in [0.25, 0.3) is 21.9 Å². The minimum absolute atomic E-state index is 0.719. The molecule has 0 amide bonds. The molecule has 0 spiro atoms. The molecule has 3 aromatic rings. The second-order valence-electron chi connectivity index (χ2n) is 3.10. The Morgan fingerprint density at radius 2 is 2.14 bits per heavy atom. The van der Waals surface area contributed by atoms with Gasteiger partial charge >= 0.3 is 0 Å². The van der Waals surface area contributed by atoms with Gasteiger partial charge in [0.15, 0.2) is 0 Å². The molecule has 1 aromatic carbocycles. The van der Waals surface area contributed by atoms with Gasteiger partial charge in [-0.15, -0.1) is 0 Å². The van der Waals surface area contributed by atoms with E-state index in [1.165, 1.54) is 6.33 Å². The van der Waals surface area contributed by atoms with Crippen LogP contribution in [-0.2, 0) is 0 Å². The van der Waals surface area contributed by atoms with Crippen molar-refractivity contribution in [1.29, 1.82) is 0 Å². The summed E-state index contributed by atoms with van der Waals surface area (Å²) in [6, 6.07) is 5.70. The highest BCUT2D eigenvalue weighted by atomic mass is 35.5. The third kappa shape index (κ3) is 0.992. The van der Waals surface area contributed by atoms with E-state index in [1.807, 2.05) is 18.2 Å². The molecule has 3 nitrogen and oxygen atoms in total. The SMILES string of the molecule is Clc1ccc2[nH]c3cncnc3c2c1. The molecule has 0 saturated heterocycles. The number of rotatable bonds is 0. The molecular formula is C10H6ClN3. The van der Waals surface area contributed by atoms with Gasteiger partial charge in [-0.25, -0.2) is 9.97 Å². The lowest BCUT2D eigenvalue weighted by Gasteiger charge is -1.90. The number of aromatic nitrogens is 3. The second-order valence-corrected chi connectivity index (χ2v) is 3.54. The molecule has 14 heavy (non-hydrogen) atoms. The van der Waals surface area contributed by atoms with Gasteiger partial charge in [0.05, 0.1) is 17.2 Å². The predicted molar refractivity (Wildman–Crippen MR) is 56.4 cm³/mol. The molecule has 0 aliphatic rings. The molecule has 3 rings (SSSR count). The van der Waals surface area contributed by atoms with Crippen LogP contribution >= 0.6 is 11.6 Å². The maximum atomic E-state index is 5.92. The van der Waals surface area contributed by atoms with Crippen molar-refractivity contribution in [2.75, 3.05) is 0 Å². The van der Waals surface area contributed by atoms with Crippen LogP contribution < -0.4 is 0 Å². The van der Waals surface area contributed by atoms with Crippen molar-refractivity contribution in [3.8, 4) is 0 Å². The first-order valence-electron chi connectivity index (χ1n) is 4.21. The molecule has 0 atom stereocenters. The van der Waals surface area contributed by atoms with Gasteiger partial charge in [-0.3, -0.25) is 0 Å². The molecular weight excluding hydrogens is 198 g/mol. The Morgan fingerprint density at radius 1 is 1.21 bits per heavy atom. The minimum Gasteiger partial charge on any atom is -0.352 e. The molecule has 2 aromatic heterocycles. The Bertz CT molecular complexity index is 615. The Kier molecular flexibility index (Phi) is 1.49. The fourth-order valence-corrected chi connectivity index (χ4v) is 1.77. The van der Waals surface area contributed by atoms with Crippen molar-refractivity contribution < 1.29 is 0 Å². The number of aromatic amines is 1. The summed E-state index contributed by atoms with van der Waals surface area (Å²) >= 11 is 5.92. The molecule has 0 aliphatic heterocycles. The molecule has 2 heterocycles. The van der Waals surface area contributed by atoms with E-state index in [9.17, 15) is 0 Å². The van der Waals surface area contributed by atoms with Crippen molar-refractivity contribution in [3.63, 3.8) is 0 Å². The first-order chi connectivity index (χ1) is 6.84. The standard InChI is InChI=1S/C10H6ClN3/c11-6-1-2-8-7(3-6)10-9(14-8)4-12-5-13-10/h1-5,14H. The summed E-state index contributed by atoms with van der Waals surface area (Å²) in [6.45, 7) is 0. The molecule has 0 bridgehead atoms. The third-order valence-electron chi connectivity index (χ3n) is 2.22. The quantitative estimate of drug-likeness (QED) is 0.611. The third-order valence-corrected chi connectivity index (χ3v) is 2.45. The highest BCUT2D eigenvalue weighted by Crippen LogP contribution is 2.25. The summed E-state index contributed by atoms with van der Waals surface area (Å²) in [5.41, 5.74) is 2.88. The van der Waals surface area contributed by atoms with E-state index in [-0.39, 0.29) is 0 Å². The van der Waals surface area contributed by atoms with Gasteiger partial charge in [0.1, 0.15) is 6.33 Å². The van der Waals surface area contributed by atoms with E-state index in [4.69, 9.17) is 11.6 Å². The zero-order chi connectivity index (χ0) is 9.54. The highest BCUT2D eigenvalue weighted by molar-refractivity contribution is 6.31. The topological polar surface area (TPSA) is 41.6 Å². The number of hydrogen-bond donors (Lipinski definition) is 1. The van der Waals surface area contributed by atoms with Crippen LogP contribution in [0, 0.1) is 0 Å². The normalized spacial score (nSPS) is 11.2.